The molecular formula is C52H83N3O16. The lowest BCUT2D eigenvalue weighted by atomic mass is 9.82. The van der Waals surface area contributed by atoms with E-state index in [2.05, 4.69) is 10.2 Å². The summed E-state index contributed by atoms with van der Waals surface area (Å²) in [7, 11) is 0. The fourth-order valence-corrected chi connectivity index (χ4v) is 9.15. The highest BCUT2D eigenvalue weighted by molar-refractivity contribution is 5.80. The molecule has 0 aromatic heterocycles. The number of nitrogens with two attached hydrogens (primary N) is 1. The Morgan fingerprint density at radius 1 is 0.718 bits per heavy atom. The number of allylic oxidation sites excluding steroid dienone is 12. The van der Waals surface area contributed by atoms with Gasteiger partial charge >= 0.3 is 5.97 Å². The normalized spacial score (nSPS) is 42.1. The molecule has 19 heteroatoms. The molecule has 0 saturated carbocycles. The molecule has 7 unspecified atom stereocenters. The second-order valence-corrected chi connectivity index (χ2v) is 19.6. The van der Waals surface area contributed by atoms with Gasteiger partial charge in [0.2, 0.25) is 5.91 Å². The lowest BCUT2D eigenvalue weighted by molar-refractivity contribution is -0.304. The molecule has 3 saturated heterocycles. The lowest BCUT2D eigenvalue weighted by Gasteiger charge is -2.45. The molecule has 71 heavy (non-hydrogen) atoms. The number of carbonyl (C=O) groups excluding carboxylic acids is 2. The summed E-state index contributed by atoms with van der Waals surface area (Å²) >= 11 is 0. The molecule has 0 aromatic rings. The molecule has 17 atom stereocenters. The van der Waals surface area contributed by atoms with Crippen molar-refractivity contribution in [2.45, 2.75) is 182 Å². The Bertz CT molecular complexity index is 1790. The molecular weight excluding hydrogens is 923 g/mol. The minimum absolute atomic E-state index is 0.0843. The third-order valence-electron chi connectivity index (χ3n) is 13.2. The third-order valence-corrected chi connectivity index (χ3v) is 13.2. The van der Waals surface area contributed by atoms with E-state index in [-0.39, 0.29) is 51.2 Å². The van der Waals surface area contributed by atoms with Gasteiger partial charge in [-0.15, -0.1) is 0 Å². The van der Waals surface area contributed by atoms with Crippen LogP contribution in [-0.2, 0) is 28.5 Å². The van der Waals surface area contributed by atoms with E-state index in [1.165, 1.54) is 0 Å². The lowest BCUT2D eigenvalue weighted by Crippen LogP contribution is -2.59. The molecule has 3 fully saturated rings. The van der Waals surface area contributed by atoms with Crippen molar-refractivity contribution in [3.63, 3.8) is 0 Å². The number of ether oxygens (including phenoxy) is 4. The number of carbonyl (C=O) groups is 2. The van der Waals surface area contributed by atoms with Crippen molar-refractivity contribution in [1.29, 1.82) is 0 Å². The van der Waals surface area contributed by atoms with Gasteiger partial charge in [0.1, 0.15) is 12.2 Å². The average Bonchev–Trinajstić information content (AvgIpc) is 3.30. The van der Waals surface area contributed by atoms with Gasteiger partial charge in [-0.1, -0.05) is 98.4 Å². The summed E-state index contributed by atoms with van der Waals surface area (Å²) < 4.78 is 23.5. The number of likely N-dealkylation sites (tertiary alicyclic amines) is 1. The van der Waals surface area contributed by atoms with Gasteiger partial charge in [0.05, 0.1) is 86.0 Å². The SMILES string of the molecule is C[C@H]1C[C@H](O)[C@@H](C)/C=C/C=C/C=C/C=C/C=C/C=C/C=C/C(O[C@@H]2OC[C@@H](O)[C@H](N)[C@@H]2O)C[C@@H]2OC(O)(CC(O)CC(O)C(O)CCC(O)CC(O)CC(=O)O1)C[C@H](O)[C@H]2C(=O)NCCN1CCCCC1. The molecule has 0 aliphatic carbocycles. The maximum atomic E-state index is 14.0. The number of hydrogen-bond donors (Lipinski definition) is 12. The van der Waals surface area contributed by atoms with Crippen LogP contribution < -0.4 is 11.1 Å². The predicted octanol–water partition coefficient (Wildman–Crippen LogP) is 0.595. The number of cyclic esters (lactones) is 1. The molecule has 4 rings (SSSR count). The number of piperidine rings is 1. The van der Waals surface area contributed by atoms with Crippen molar-refractivity contribution in [2.75, 3.05) is 32.8 Å². The van der Waals surface area contributed by atoms with Crippen LogP contribution in [0.15, 0.2) is 85.1 Å². The van der Waals surface area contributed by atoms with Gasteiger partial charge in [0.25, 0.3) is 0 Å². The van der Waals surface area contributed by atoms with E-state index in [1.54, 1.807) is 49.5 Å². The number of aliphatic hydroxyl groups is 10. The van der Waals surface area contributed by atoms with Gasteiger partial charge in [-0.3, -0.25) is 9.59 Å². The first-order valence-corrected chi connectivity index (χ1v) is 25.3. The van der Waals surface area contributed by atoms with Crippen LogP contribution in [0.5, 0.6) is 0 Å². The van der Waals surface area contributed by atoms with Crippen molar-refractivity contribution >= 4 is 11.9 Å². The molecule has 13 N–H and O–H groups in total. The van der Waals surface area contributed by atoms with Crippen LogP contribution in [0.1, 0.15) is 90.9 Å². The summed E-state index contributed by atoms with van der Waals surface area (Å²) in [6.07, 6.45) is 9.56. The Hall–Kier alpha value is -3.48. The highest BCUT2D eigenvalue weighted by atomic mass is 16.7. The number of nitrogens with zero attached hydrogens (tertiary/aromatic N) is 1. The van der Waals surface area contributed by atoms with Gasteiger partial charge in [0.15, 0.2) is 12.1 Å². The van der Waals surface area contributed by atoms with E-state index in [0.717, 1.165) is 32.4 Å². The minimum Gasteiger partial charge on any atom is -0.462 e. The van der Waals surface area contributed by atoms with E-state index in [1.807, 2.05) is 49.5 Å². The zero-order valence-corrected chi connectivity index (χ0v) is 41.3. The first kappa shape index (κ1) is 60.1. The Labute approximate surface area is 418 Å². The summed E-state index contributed by atoms with van der Waals surface area (Å²) in [6, 6.07) is -1.10. The van der Waals surface area contributed by atoms with E-state index < -0.39 is 135 Å². The Kier molecular flexibility index (Phi) is 26.5. The van der Waals surface area contributed by atoms with Gasteiger partial charge in [-0.2, -0.15) is 0 Å². The average molecular weight is 1010 g/mol. The highest BCUT2D eigenvalue weighted by Crippen LogP contribution is 2.38. The maximum Gasteiger partial charge on any atom is 0.308 e. The monoisotopic (exact) mass is 1010 g/mol. The smallest absolute Gasteiger partial charge is 0.308 e. The third kappa shape index (κ3) is 21.9. The molecule has 402 valence electrons. The molecule has 4 aliphatic heterocycles. The van der Waals surface area contributed by atoms with Crippen molar-refractivity contribution in [1.82, 2.24) is 10.2 Å². The van der Waals surface area contributed by atoms with Crippen LogP contribution in [-0.4, -0.2) is 192 Å². The summed E-state index contributed by atoms with van der Waals surface area (Å²) in [6.45, 7) is 5.92. The fraction of sp³-hybridized carbons (Fsp3) is 0.692. The Morgan fingerprint density at radius 3 is 1.99 bits per heavy atom. The molecule has 0 radical (unpaired) electrons. The summed E-state index contributed by atoms with van der Waals surface area (Å²) in [5, 5.41) is 112. The highest BCUT2D eigenvalue weighted by Gasteiger charge is 2.50. The van der Waals surface area contributed by atoms with E-state index in [9.17, 15) is 60.7 Å². The quantitative estimate of drug-likeness (QED) is 0.162. The molecule has 2 bridgehead atoms. The first-order valence-electron chi connectivity index (χ1n) is 25.3. The second-order valence-electron chi connectivity index (χ2n) is 19.6. The fourth-order valence-electron chi connectivity index (χ4n) is 9.15. The van der Waals surface area contributed by atoms with Gasteiger partial charge in [-0.25, -0.2) is 0 Å². The predicted molar refractivity (Wildman–Crippen MR) is 264 cm³/mol. The number of amides is 1. The topological polar surface area (TPSA) is 315 Å². The van der Waals surface area contributed by atoms with Crippen molar-refractivity contribution in [3.05, 3.63) is 85.1 Å². The number of rotatable bonds is 6. The Balaban J connectivity index is 1.57. The van der Waals surface area contributed by atoms with E-state index >= 15 is 0 Å². The summed E-state index contributed by atoms with van der Waals surface area (Å²) in [5.41, 5.74) is 6.04. The van der Waals surface area contributed by atoms with Crippen molar-refractivity contribution in [3.8, 4) is 0 Å². The molecule has 4 heterocycles. The van der Waals surface area contributed by atoms with Crippen LogP contribution in [0.25, 0.3) is 0 Å². The largest absolute Gasteiger partial charge is 0.462 e. The number of nitrogens with one attached hydrogen (secondary N) is 1. The minimum atomic E-state index is -2.25. The number of aliphatic hydroxyl groups excluding tert-OH is 9. The van der Waals surface area contributed by atoms with Crippen molar-refractivity contribution in [2.24, 2.45) is 17.6 Å². The van der Waals surface area contributed by atoms with Gasteiger partial charge in [0, 0.05) is 51.1 Å². The van der Waals surface area contributed by atoms with E-state index in [0.29, 0.717) is 6.54 Å². The molecule has 0 spiro atoms. The maximum absolute atomic E-state index is 14.0. The van der Waals surface area contributed by atoms with Crippen LogP contribution in [0, 0.1) is 11.8 Å². The summed E-state index contributed by atoms with van der Waals surface area (Å²) in [5.74, 6) is -5.00. The zero-order chi connectivity index (χ0) is 51.9. The zero-order valence-electron chi connectivity index (χ0n) is 41.3. The second kappa shape index (κ2) is 31.3. The first-order chi connectivity index (χ1) is 33.8. The van der Waals surface area contributed by atoms with Gasteiger partial charge in [-0.05, 0) is 52.1 Å². The van der Waals surface area contributed by atoms with Gasteiger partial charge < -0.3 is 86.0 Å². The number of esters is 1. The molecule has 4 aliphatic rings. The standard InChI is InChI=1S/C52H83N3O16/c1-34-18-14-11-9-7-5-3-4-6-8-10-12-15-19-39(70-51-49(65)48(53)44(63)33-68-51)30-45-47(50(66)54-22-25-55-23-16-13-17-24-55)43(62)32-52(67,71-45)31-38(58)28-42(61)40(59)21-20-36(56)27-37(57)29-46(64)69-35(2)26-41(34)60/h3-12,14-15,18-19,34-45,47-49,51,56-63,65,67H,13,16-17,20-33,53H2,1-2H3,(H,54,66)/b4-3+,7-5+,8-6+,11-9+,12-10+,18-14+,19-15+/t34-,35-,36?,37?,38?,39?,40?,41-,42?,43-,44+,45-,47+,48-,49-,51-,52?/m0/s1. The van der Waals surface area contributed by atoms with Crippen LogP contribution in [0.3, 0.4) is 0 Å². The molecule has 19 nitrogen and oxygen atoms in total. The number of hydrogen-bond acceptors (Lipinski definition) is 18. The van der Waals surface area contributed by atoms with Crippen LogP contribution in [0.2, 0.25) is 0 Å². The molecule has 0 aromatic carbocycles. The molecule has 1 amide bonds. The summed E-state index contributed by atoms with van der Waals surface area (Å²) in [4.78, 5) is 28.8. The number of fused-ring (bicyclic) bond motifs is 2. The van der Waals surface area contributed by atoms with Crippen LogP contribution in [0.4, 0.5) is 0 Å². The van der Waals surface area contributed by atoms with Crippen molar-refractivity contribution < 1.29 is 79.6 Å². The van der Waals surface area contributed by atoms with Crippen LogP contribution >= 0.6 is 0 Å². The Morgan fingerprint density at radius 2 is 1.34 bits per heavy atom. The van der Waals surface area contributed by atoms with E-state index in [4.69, 9.17) is 24.7 Å².